The van der Waals surface area contributed by atoms with Gasteiger partial charge in [-0.3, -0.25) is 4.79 Å². The summed E-state index contributed by atoms with van der Waals surface area (Å²) in [6.07, 6.45) is -4.81. The number of anilines is 1. The van der Waals surface area contributed by atoms with E-state index in [9.17, 15) is 22.4 Å². The second-order valence-electron chi connectivity index (χ2n) is 4.46. The highest BCUT2D eigenvalue weighted by atomic mass is 19.4. The molecule has 0 heterocycles. The van der Waals surface area contributed by atoms with Crippen LogP contribution in [0, 0.1) is 12.7 Å². The molecule has 2 rings (SSSR count). The van der Waals surface area contributed by atoms with Gasteiger partial charge in [-0.25, -0.2) is 4.39 Å². The van der Waals surface area contributed by atoms with Crippen molar-refractivity contribution in [2.75, 3.05) is 5.32 Å². The van der Waals surface area contributed by atoms with Gasteiger partial charge >= 0.3 is 6.18 Å². The molecule has 0 saturated carbocycles. The van der Waals surface area contributed by atoms with Crippen molar-refractivity contribution in [1.29, 1.82) is 0 Å². The van der Waals surface area contributed by atoms with E-state index in [4.69, 9.17) is 0 Å². The topological polar surface area (TPSA) is 29.1 Å². The molecule has 2 aromatic rings. The summed E-state index contributed by atoms with van der Waals surface area (Å²) in [5.41, 5.74) is -0.495. The number of carbonyl (C=O) groups is 1. The molecule has 0 aromatic heterocycles. The quantitative estimate of drug-likeness (QED) is 0.818. The van der Waals surface area contributed by atoms with Crippen LogP contribution in [0.3, 0.4) is 0 Å². The summed E-state index contributed by atoms with van der Waals surface area (Å²) in [5, 5.41) is 2.33. The number of aryl methyl sites for hydroxylation is 1. The zero-order valence-corrected chi connectivity index (χ0v) is 11.0. The van der Waals surface area contributed by atoms with E-state index in [0.717, 1.165) is 6.07 Å². The molecule has 0 saturated heterocycles. The first-order chi connectivity index (χ1) is 9.79. The number of benzene rings is 2. The average Bonchev–Trinajstić information content (AvgIpc) is 2.40. The van der Waals surface area contributed by atoms with Gasteiger partial charge < -0.3 is 5.32 Å². The van der Waals surface area contributed by atoms with Crippen molar-refractivity contribution in [1.82, 2.24) is 0 Å². The second-order valence-corrected chi connectivity index (χ2v) is 4.46. The molecule has 0 aliphatic rings. The lowest BCUT2D eigenvalue weighted by Crippen LogP contribution is -2.15. The van der Waals surface area contributed by atoms with Crippen LogP contribution < -0.4 is 5.32 Å². The predicted octanol–water partition coefficient (Wildman–Crippen LogP) is 4.41. The number of hydrogen-bond acceptors (Lipinski definition) is 1. The van der Waals surface area contributed by atoms with Gasteiger partial charge in [0.1, 0.15) is 5.82 Å². The summed E-state index contributed by atoms with van der Waals surface area (Å²) >= 11 is 0. The fraction of sp³-hybridized carbons (Fsp3) is 0.133. The monoisotopic (exact) mass is 297 g/mol. The molecule has 0 atom stereocenters. The van der Waals surface area contributed by atoms with Crippen LogP contribution in [0.1, 0.15) is 21.5 Å². The first-order valence-electron chi connectivity index (χ1n) is 6.03. The third-order valence-corrected chi connectivity index (χ3v) is 2.92. The minimum absolute atomic E-state index is 0.114. The van der Waals surface area contributed by atoms with E-state index in [1.54, 1.807) is 31.2 Å². The van der Waals surface area contributed by atoms with Crippen LogP contribution in [0.4, 0.5) is 23.2 Å². The molecular formula is C15H11F4NO. The van der Waals surface area contributed by atoms with E-state index in [0.29, 0.717) is 23.3 Å². The van der Waals surface area contributed by atoms with Crippen molar-refractivity contribution in [3.05, 3.63) is 65.0 Å². The molecule has 110 valence electrons. The summed E-state index contributed by atoms with van der Waals surface area (Å²) in [6, 6.07) is 8.99. The molecule has 0 spiro atoms. The van der Waals surface area contributed by atoms with Crippen LogP contribution in [0.2, 0.25) is 0 Å². The summed E-state index contributed by atoms with van der Waals surface area (Å²) in [5.74, 6) is -1.93. The molecule has 6 heteroatoms. The molecule has 0 aliphatic heterocycles. The maximum atomic E-state index is 13.2. The highest BCUT2D eigenvalue weighted by Crippen LogP contribution is 2.33. The molecule has 1 amide bonds. The van der Waals surface area contributed by atoms with Crippen molar-refractivity contribution in [2.24, 2.45) is 0 Å². The molecule has 2 aromatic carbocycles. The fourth-order valence-electron chi connectivity index (χ4n) is 1.85. The first-order valence-corrected chi connectivity index (χ1v) is 6.03. The van der Waals surface area contributed by atoms with E-state index < -0.39 is 23.5 Å². The molecule has 0 fully saturated rings. The van der Waals surface area contributed by atoms with Gasteiger partial charge in [0.25, 0.3) is 5.91 Å². The standard InChI is InChI=1S/C15H11F4NO/c1-9-4-2-3-5-11(9)14(21)20-10-6-7-13(16)12(8-10)15(17,18)19/h2-8H,1H3,(H,20,21). The summed E-state index contributed by atoms with van der Waals surface area (Å²) in [4.78, 5) is 12.0. The molecule has 0 radical (unpaired) electrons. The lowest BCUT2D eigenvalue weighted by atomic mass is 10.1. The normalized spacial score (nSPS) is 11.3. The minimum Gasteiger partial charge on any atom is -0.322 e. The van der Waals surface area contributed by atoms with Crippen LogP contribution >= 0.6 is 0 Å². The number of carbonyl (C=O) groups excluding carboxylic acids is 1. The molecule has 0 unspecified atom stereocenters. The maximum Gasteiger partial charge on any atom is 0.419 e. The maximum absolute atomic E-state index is 13.2. The Kier molecular flexibility index (Phi) is 3.97. The zero-order chi connectivity index (χ0) is 15.6. The number of halogens is 4. The Labute approximate surface area is 118 Å². The SMILES string of the molecule is Cc1ccccc1C(=O)Nc1ccc(F)c(C(F)(F)F)c1. The molecule has 1 N–H and O–H groups in total. The summed E-state index contributed by atoms with van der Waals surface area (Å²) in [6.45, 7) is 1.71. The second kappa shape index (κ2) is 5.55. The highest BCUT2D eigenvalue weighted by molar-refractivity contribution is 6.05. The molecule has 2 nitrogen and oxygen atoms in total. The van der Waals surface area contributed by atoms with Gasteiger partial charge in [0.05, 0.1) is 5.56 Å². The van der Waals surface area contributed by atoms with Crippen molar-refractivity contribution >= 4 is 11.6 Å². The van der Waals surface area contributed by atoms with Gasteiger partial charge in [-0.15, -0.1) is 0 Å². The Bertz CT molecular complexity index is 680. The number of alkyl halides is 3. The third-order valence-electron chi connectivity index (χ3n) is 2.92. The van der Waals surface area contributed by atoms with Gasteiger partial charge in [0.2, 0.25) is 0 Å². The van der Waals surface area contributed by atoms with Crippen LogP contribution in [0.15, 0.2) is 42.5 Å². The van der Waals surface area contributed by atoms with Crippen LogP contribution in [-0.4, -0.2) is 5.91 Å². The molecule has 21 heavy (non-hydrogen) atoms. The largest absolute Gasteiger partial charge is 0.419 e. The average molecular weight is 297 g/mol. The Morgan fingerprint density at radius 2 is 1.76 bits per heavy atom. The van der Waals surface area contributed by atoms with Crippen molar-refractivity contribution in [3.63, 3.8) is 0 Å². The van der Waals surface area contributed by atoms with Crippen molar-refractivity contribution in [2.45, 2.75) is 13.1 Å². The first kappa shape index (κ1) is 15.0. The lowest BCUT2D eigenvalue weighted by molar-refractivity contribution is -0.139. The number of amides is 1. The van der Waals surface area contributed by atoms with Crippen molar-refractivity contribution in [3.8, 4) is 0 Å². The fourth-order valence-corrected chi connectivity index (χ4v) is 1.85. The van der Waals surface area contributed by atoms with Crippen LogP contribution in [-0.2, 0) is 6.18 Å². The Morgan fingerprint density at radius 3 is 2.38 bits per heavy atom. The van der Waals surface area contributed by atoms with E-state index >= 15 is 0 Å². The number of nitrogens with one attached hydrogen (secondary N) is 1. The zero-order valence-electron chi connectivity index (χ0n) is 11.0. The van der Waals surface area contributed by atoms with Gasteiger partial charge in [-0.1, -0.05) is 18.2 Å². The Balaban J connectivity index is 2.29. The van der Waals surface area contributed by atoms with E-state index in [1.807, 2.05) is 0 Å². The van der Waals surface area contributed by atoms with Gasteiger partial charge in [0, 0.05) is 11.3 Å². The Hall–Kier alpha value is -2.37. The number of hydrogen-bond donors (Lipinski definition) is 1. The third kappa shape index (κ3) is 3.39. The van der Waals surface area contributed by atoms with Crippen LogP contribution in [0.25, 0.3) is 0 Å². The highest BCUT2D eigenvalue weighted by Gasteiger charge is 2.34. The molecule has 0 bridgehead atoms. The summed E-state index contributed by atoms with van der Waals surface area (Å²) < 4.78 is 51.0. The van der Waals surface area contributed by atoms with E-state index in [1.165, 1.54) is 0 Å². The van der Waals surface area contributed by atoms with E-state index in [-0.39, 0.29) is 5.69 Å². The predicted molar refractivity (Wildman–Crippen MR) is 70.5 cm³/mol. The smallest absolute Gasteiger partial charge is 0.322 e. The molecular weight excluding hydrogens is 286 g/mol. The Morgan fingerprint density at radius 1 is 1.10 bits per heavy atom. The van der Waals surface area contributed by atoms with Crippen molar-refractivity contribution < 1.29 is 22.4 Å². The van der Waals surface area contributed by atoms with Crippen LogP contribution in [0.5, 0.6) is 0 Å². The number of rotatable bonds is 2. The van der Waals surface area contributed by atoms with Gasteiger partial charge in [0.15, 0.2) is 0 Å². The lowest BCUT2D eigenvalue weighted by Gasteiger charge is -2.11. The van der Waals surface area contributed by atoms with E-state index in [2.05, 4.69) is 5.32 Å². The summed E-state index contributed by atoms with van der Waals surface area (Å²) in [7, 11) is 0. The molecule has 0 aliphatic carbocycles. The minimum atomic E-state index is -4.81. The van der Waals surface area contributed by atoms with Gasteiger partial charge in [-0.2, -0.15) is 13.2 Å². The van der Waals surface area contributed by atoms with Gasteiger partial charge in [-0.05, 0) is 36.8 Å².